The van der Waals surface area contributed by atoms with Crippen molar-refractivity contribution < 1.29 is 15.0 Å². The number of ketones is 1. The minimum Gasteiger partial charge on any atom is -0.508 e. The van der Waals surface area contributed by atoms with Crippen molar-refractivity contribution in [2.24, 2.45) is 5.92 Å². The standard InChI is InChI=1S/C15H21NO3/c1-16(9-11-4-2-3-5-11)10-15(19)13-7-6-12(17)8-14(13)18/h6-8,11,17-18H,2-5,9-10H2,1H3. The lowest BCUT2D eigenvalue weighted by Gasteiger charge is -2.20. The number of nitrogens with zero attached hydrogens (tertiary/aromatic N) is 1. The molecule has 4 heteroatoms. The van der Waals surface area contributed by atoms with E-state index >= 15 is 0 Å². The number of aromatic hydroxyl groups is 2. The van der Waals surface area contributed by atoms with E-state index < -0.39 is 0 Å². The highest BCUT2D eigenvalue weighted by atomic mass is 16.3. The molecule has 0 atom stereocenters. The Morgan fingerprint density at radius 3 is 2.63 bits per heavy atom. The van der Waals surface area contributed by atoms with Crippen LogP contribution in [0.2, 0.25) is 0 Å². The monoisotopic (exact) mass is 263 g/mol. The summed E-state index contributed by atoms with van der Waals surface area (Å²) in [7, 11) is 1.94. The van der Waals surface area contributed by atoms with Crippen LogP contribution in [0.4, 0.5) is 0 Å². The molecule has 0 heterocycles. The second-order valence-corrected chi connectivity index (χ2v) is 5.47. The van der Waals surface area contributed by atoms with Gasteiger partial charge in [-0.1, -0.05) is 12.8 Å². The molecule has 0 aromatic heterocycles. The maximum absolute atomic E-state index is 12.1. The SMILES string of the molecule is CN(CC(=O)c1ccc(O)cc1O)CC1CCCC1. The van der Waals surface area contributed by atoms with Gasteiger partial charge in [-0.05, 0) is 37.9 Å². The van der Waals surface area contributed by atoms with E-state index in [4.69, 9.17) is 0 Å². The van der Waals surface area contributed by atoms with E-state index in [1.807, 2.05) is 11.9 Å². The van der Waals surface area contributed by atoms with Crippen molar-refractivity contribution >= 4 is 5.78 Å². The lowest BCUT2D eigenvalue weighted by Crippen LogP contribution is -2.30. The van der Waals surface area contributed by atoms with Gasteiger partial charge in [-0.25, -0.2) is 0 Å². The maximum Gasteiger partial charge on any atom is 0.180 e. The van der Waals surface area contributed by atoms with Gasteiger partial charge >= 0.3 is 0 Å². The van der Waals surface area contributed by atoms with Crippen LogP contribution in [0.5, 0.6) is 11.5 Å². The number of rotatable bonds is 5. The smallest absolute Gasteiger partial charge is 0.180 e. The van der Waals surface area contributed by atoms with Crippen LogP contribution in [0, 0.1) is 5.92 Å². The highest BCUT2D eigenvalue weighted by Gasteiger charge is 2.19. The molecule has 0 amide bonds. The van der Waals surface area contributed by atoms with Crippen LogP contribution in [0.25, 0.3) is 0 Å². The summed E-state index contributed by atoms with van der Waals surface area (Å²) in [4.78, 5) is 14.1. The van der Waals surface area contributed by atoms with Gasteiger partial charge in [-0.2, -0.15) is 0 Å². The van der Waals surface area contributed by atoms with E-state index in [0.29, 0.717) is 12.5 Å². The van der Waals surface area contributed by atoms with Gasteiger partial charge in [-0.3, -0.25) is 9.69 Å². The van der Waals surface area contributed by atoms with Crippen molar-refractivity contribution in [1.82, 2.24) is 4.90 Å². The Morgan fingerprint density at radius 1 is 1.32 bits per heavy atom. The highest BCUT2D eigenvalue weighted by molar-refractivity contribution is 6.00. The first-order chi connectivity index (χ1) is 9.06. The Labute approximate surface area is 113 Å². The van der Waals surface area contributed by atoms with Crippen molar-refractivity contribution in [2.45, 2.75) is 25.7 Å². The van der Waals surface area contributed by atoms with Crippen LogP contribution in [-0.2, 0) is 0 Å². The van der Waals surface area contributed by atoms with Crippen molar-refractivity contribution in [3.63, 3.8) is 0 Å². The fourth-order valence-corrected chi connectivity index (χ4v) is 2.78. The first kappa shape index (κ1) is 13.9. The summed E-state index contributed by atoms with van der Waals surface area (Å²) in [5, 5.41) is 18.9. The second kappa shape index (κ2) is 6.06. The Bertz CT molecular complexity index is 453. The molecule has 2 N–H and O–H groups in total. The van der Waals surface area contributed by atoms with Crippen LogP contribution in [-0.4, -0.2) is 41.0 Å². The number of carbonyl (C=O) groups excluding carboxylic acids is 1. The molecule has 1 aromatic carbocycles. The number of Topliss-reactive ketones (excluding diaryl/α,β-unsaturated/α-hetero) is 1. The van der Waals surface area contributed by atoms with Crippen LogP contribution >= 0.6 is 0 Å². The Hall–Kier alpha value is -1.55. The molecule has 1 aromatic rings. The fraction of sp³-hybridized carbons (Fsp3) is 0.533. The van der Waals surface area contributed by atoms with Gasteiger partial charge in [0, 0.05) is 12.6 Å². The molecule has 0 radical (unpaired) electrons. The minimum atomic E-state index is -0.153. The summed E-state index contributed by atoms with van der Waals surface area (Å²) >= 11 is 0. The Morgan fingerprint density at radius 2 is 2.00 bits per heavy atom. The maximum atomic E-state index is 12.1. The van der Waals surface area contributed by atoms with Gasteiger partial charge in [0.25, 0.3) is 0 Å². The predicted molar refractivity (Wildman–Crippen MR) is 73.6 cm³/mol. The molecule has 1 aliphatic rings. The van der Waals surface area contributed by atoms with Gasteiger partial charge in [0.15, 0.2) is 5.78 Å². The van der Waals surface area contributed by atoms with Crippen LogP contribution in [0.3, 0.4) is 0 Å². The largest absolute Gasteiger partial charge is 0.508 e. The molecule has 1 saturated carbocycles. The Balaban J connectivity index is 1.92. The molecular weight excluding hydrogens is 242 g/mol. The quantitative estimate of drug-likeness (QED) is 0.801. The summed E-state index contributed by atoms with van der Waals surface area (Å²) in [5.74, 6) is 0.400. The van der Waals surface area contributed by atoms with E-state index in [2.05, 4.69) is 0 Å². The van der Waals surface area contributed by atoms with Gasteiger partial charge < -0.3 is 10.2 Å². The van der Waals surface area contributed by atoms with Gasteiger partial charge in [-0.15, -0.1) is 0 Å². The van der Waals surface area contributed by atoms with Gasteiger partial charge in [0.2, 0.25) is 0 Å². The van der Waals surface area contributed by atoms with Gasteiger partial charge in [0.1, 0.15) is 11.5 Å². The molecular formula is C15H21NO3. The fourth-order valence-electron chi connectivity index (χ4n) is 2.78. The summed E-state index contributed by atoms with van der Waals surface area (Å²) in [5.41, 5.74) is 0.274. The van der Waals surface area contributed by atoms with E-state index in [0.717, 1.165) is 6.54 Å². The molecule has 0 unspecified atom stereocenters. The Kier molecular flexibility index (Phi) is 4.43. The summed E-state index contributed by atoms with van der Waals surface area (Å²) in [6, 6.07) is 4.09. The van der Waals surface area contributed by atoms with E-state index in [9.17, 15) is 15.0 Å². The lowest BCUT2D eigenvalue weighted by molar-refractivity contribution is 0.0935. The van der Waals surface area contributed by atoms with Crippen molar-refractivity contribution in [3.05, 3.63) is 23.8 Å². The predicted octanol–water partition coefficient (Wildman–Crippen LogP) is 2.40. The first-order valence-corrected chi connectivity index (χ1v) is 6.80. The van der Waals surface area contributed by atoms with Crippen LogP contribution < -0.4 is 0 Å². The molecule has 104 valence electrons. The zero-order valence-electron chi connectivity index (χ0n) is 11.3. The van der Waals surface area contributed by atoms with Crippen molar-refractivity contribution in [3.8, 4) is 11.5 Å². The molecule has 1 aliphatic carbocycles. The third-order valence-corrected chi connectivity index (χ3v) is 3.74. The molecule has 4 nitrogen and oxygen atoms in total. The number of benzene rings is 1. The molecule has 0 spiro atoms. The lowest BCUT2D eigenvalue weighted by atomic mass is 10.1. The number of carbonyl (C=O) groups is 1. The van der Waals surface area contributed by atoms with E-state index in [1.165, 1.54) is 43.9 Å². The molecule has 2 rings (SSSR count). The number of hydrogen-bond donors (Lipinski definition) is 2. The third-order valence-electron chi connectivity index (χ3n) is 3.74. The zero-order chi connectivity index (χ0) is 13.8. The number of likely N-dealkylation sites (N-methyl/N-ethyl adjacent to an activating group) is 1. The van der Waals surface area contributed by atoms with E-state index in [-0.39, 0.29) is 22.8 Å². The zero-order valence-corrected chi connectivity index (χ0v) is 11.3. The summed E-state index contributed by atoms with van der Waals surface area (Å²) in [6.07, 6.45) is 5.10. The topological polar surface area (TPSA) is 60.8 Å². The van der Waals surface area contributed by atoms with Crippen LogP contribution in [0.15, 0.2) is 18.2 Å². The summed E-state index contributed by atoms with van der Waals surface area (Å²) < 4.78 is 0. The van der Waals surface area contributed by atoms with Crippen LogP contribution in [0.1, 0.15) is 36.0 Å². The average molecular weight is 263 g/mol. The number of phenolic OH excluding ortho intramolecular Hbond substituents is 2. The highest BCUT2D eigenvalue weighted by Crippen LogP contribution is 2.26. The molecule has 0 bridgehead atoms. The first-order valence-electron chi connectivity index (χ1n) is 6.80. The molecule has 0 aliphatic heterocycles. The second-order valence-electron chi connectivity index (χ2n) is 5.47. The average Bonchev–Trinajstić information content (AvgIpc) is 2.81. The van der Waals surface area contributed by atoms with Crippen molar-refractivity contribution in [1.29, 1.82) is 0 Å². The minimum absolute atomic E-state index is 0.0339. The third kappa shape index (κ3) is 3.70. The van der Waals surface area contributed by atoms with E-state index in [1.54, 1.807) is 0 Å². The van der Waals surface area contributed by atoms with Gasteiger partial charge in [0.05, 0.1) is 12.1 Å². The molecule has 19 heavy (non-hydrogen) atoms. The molecule has 1 fully saturated rings. The summed E-state index contributed by atoms with van der Waals surface area (Å²) in [6.45, 7) is 1.24. The number of phenols is 2. The number of hydrogen-bond acceptors (Lipinski definition) is 4. The normalized spacial score (nSPS) is 16.1. The molecule has 0 saturated heterocycles. The van der Waals surface area contributed by atoms with Crippen molar-refractivity contribution in [2.75, 3.05) is 20.1 Å².